The molecule has 0 spiro atoms. The Morgan fingerprint density at radius 3 is 1.15 bits per heavy atom. The fourth-order valence-corrected chi connectivity index (χ4v) is 11.1. The number of allylic oxidation sites excluding steroid dienone is 7. The first-order chi connectivity index (χ1) is 39.4. The van der Waals surface area contributed by atoms with Crippen LogP contribution in [0.3, 0.4) is 0 Å². The smallest absolute Gasteiger partial charge is 0.306 e. The Bertz CT molecular complexity index is 1520. The van der Waals surface area contributed by atoms with Gasteiger partial charge in [0.2, 0.25) is 5.91 Å². The average molecular weight is 1160 g/mol. The van der Waals surface area contributed by atoms with E-state index in [4.69, 9.17) is 13.8 Å². The summed E-state index contributed by atoms with van der Waals surface area (Å²) >= 11 is 0. The van der Waals surface area contributed by atoms with E-state index < -0.39 is 20.0 Å². The molecule has 0 fully saturated rings. The number of hydrogen-bond donors (Lipinski definition) is 1. The lowest BCUT2D eigenvalue weighted by Gasteiger charge is -2.30. The van der Waals surface area contributed by atoms with E-state index in [0.717, 1.165) is 83.5 Å². The molecule has 0 aromatic rings. The van der Waals surface area contributed by atoms with Crippen molar-refractivity contribution in [1.82, 2.24) is 5.32 Å². The molecule has 10 heteroatoms. The van der Waals surface area contributed by atoms with Crippen LogP contribution in [0, 0.1) is 0 Å². The third kappa shape index (κ3) is 62.3. The lowest BCUT2D eigenvalue weighted by molar-refractivity contribution is -0.870. The van der Waals surface area contributed by atoms with Gasteiger partial charge in [0.05, 0.1) is 33.8 Å². The fourth-order valence-electron chi connectivity index (χ4n) is 10.4. The number of phosphoric ester groups is 1. The maximum atomic E-state index is 13.6. The summed E-state index contributed by atoms with van der Waals surface area (Å²) in [5, 5.41) is 3.04. The van der Waals surface area contributed by atoms with Crippen LogP contribution in [0.4, 0.5) is 0 Å². The number of nitrogens with zero attached hydrogens (tertiary/aromatic N) is 1. The van der Waals surface area contributed by atoms with Crippen LogP contribution in [0.25, 0.3) is 0 Å². The molecule has 0 aliphatic carbocycles. The average Bonchev–Trinajstić information content (AvgIpc) is 3.44. The second kappa shape index (κ2) is 61.1. The van der Waals surface area contributed by atoms with Gasteiger partial charge in [-0.2, -0.15) is 0 Å². The maximum Gasteiger partial charge on any atom is 0.306 e. The molecule has 1 N–H and O–H groups in total. The summed E-state index contributed by atoms with van der Waals surface area (Å²) in [5.74, 6) is -0.533. The Kier molecular flexibility index (Phi) is 59.5. The van der Waals surface area contributed by atoms with Crippen LogP contribution in [0.15, 0.2) is 48.6 Å². The highest BCUT2D eigenvalue weighted by Crippen LogP contribution is 2.38. The Balaban J connectivity index is 5.14. The van der Waals surface area contributed by atoms with E-state index >= 15 is 0 Å². The SMILES string of the molecule is CCCCC/C=C\C/C=C\C/C=C\CCCCCCCCCCC(=O)NC(COP(=O)([O-])OCC[N+](C)(C)C)C(/C=C/CCCCCCCCCCCCC)OC(=O)CCCCCCCCCCCCCCCCCCCCCCC. The van der Waals surface area contributed by atoms with Gasteiger partial charge in [-0.05, 0) is 70.3 Å². The van der Waals surface area contributed by atoms with Crippen molar-refractivity contribution in [3.63, 3.8) is 0 Å². The van der Waals surface area contributed by atoms with Crippen molar-refractivity contribution in [2.75, 3.05) is 40.9 Å². The Morgan fingerprint density at radius 2 is 0.753 bits per heavy atom. The molecule has 3 unspecified atom stereocenters. The molecule has 0 rings (SSSR count). The number of carbonyl (C=O) groups is 2. The van der Waals surface area contributed by atoms with Gasteiger partial charge in [0.1, 0.15) is 19.3 Å². The number of esters is 1. The van der Waals surface area contributed by atoms with Crippen molar-refractivity contribution in [2.24, 2.45) is 0 Å². The predicted molar refractivity (Wildman–Crippen MR) is 349 cm³/mol. The second-order valence-electron chi connectivity index (χ2n) is 25.0. The van der Waals surface area contributed by atoms with Crippen molar-refractivity contribution in [3.8, 4) is 0 Å². The zero-order valence-electron chi connectivity index (χ0n) is 54.5. The first-order valence-electron chi connectivity index (χ1n) is 34.9. The van der Waals surface area contributed by atoms with E-state index in [9.17, 15) is 19.0 Å². The lowest BCUT2D eigenvalue weighted by atomic mass is 10.0. The van der Waals surface area contributed by atoms with E-state index in [1.807, 2.05) is 33.3 Å². The molecule has 81 heavy (non-hydrogen) atoms. The number of likely N-dealkylation sites (N-methyl/N-ethyl adjacent to an activating group) is 1. The quantitative estimate of drug-likeness (QED) is 0.0212. The molecule has 0 heterocycles. The van der Waals surface area contributed by atoms with Gasteiger partial charge in [0.15, 0.2) is 0 Å². The standard InChI is InChI=1S/C71H135N2O7P/c1-7-10-13-16-19-22-25-28-30-32-34-36-38-40-42-45-48-51-54-57-60-63-70(74)72-68(67-79-81(76,77)78-66-65-73(4,5)6)69(62-59-56-53-50-47-44-27-24-21-18-15-12-9-3)80-71(75)64-61-58-55-52-49-46-43-41-39-37-35-33-31-29-26-23-20-17-14-11-8-2/h19,22,28,30,34,36,59,62,68-69H,7-18,20-21,23-27,29,31-33,35,37-58,60-61,63-67H2,1-6H3,(H-,72,74,76,77)/b22-19-,30-28-,36-34-,62-59+. The number of carbonyl (C=O) groups excluding carboxylic acids is 2. The van der Waals surface area contributed by atoms with Gasteiger partial charge in [0.25, 0.3) is 7.82 Å². The van der Waals surface area contributed by atoms with Crippen molar-refractivity contribution < 1.29 is 37.3 Å². The molecular formula is C71H135N2O7P. The summed E-state index contributed by atoms with van der Waals surface area (Å²) in [6.07, 6.45) is 76.5. The van der Waals surface area contributed by atoms with Gasteiger partial charge in [-0.25, -0.2) is 0 Å². The van der Waals surface area contributed by atoms with E-state index in [1.54, 1.807) is 0 Å². The van der Waals surface area contributed by atoms with E-state index in [0.29, 0.717) is 17.4 Å². The van der Waals surface area contributed by atoms with E-state index in [1.165, 1.54) is 225 Å². The third-order valence-electron chi connectivity index (χ3n) is 15.8. The van der Waals surface area contributed by atoms with Crippen LogP contribution in [0.1, 0.15) is 342 Å². The van der Waals surface area contributed by atoms with Crippen LogP contribution < -0.4 is 10.2 Å². The zero-order chi connectivity index (χ0) is 59.3. The first-order valence-corrected chi connectivity index (χ1v) is 36.4. The Labute approximate surface area is 503 Å². The molecule has 0 aliphatic rings. The van der Waals surface area contributed by atoms with Gasteiger partial charge in [0, 0.05) is 12.8 Å². The molecule has 1 amide bonds. The fraction of sp³-hybridized carbons (Fsp3) is 0.859. The number of nitrogens with one attached hydrogen (secondary N) is 1. The van der Waals surface area contributed by atoms with Gasteiger partial charge < -0.3 is 28.5 Å². The molecule has 3 atom stereocenters. The van der Waals surface area contributed by atoms with Crippen LogP contribution in [0.5, 0.6) is 0 Å². The number of unbranched alkanes of at least 4 members (excludes halogenated alkanes) is 42. The van der Waals surface area contributed by atoms with Gasteiger partial charge in [-0.15, -0.1) is 0 Å². The van der Waals surface area contributed by atoms with E-state index in [-0.39, 0.29) is 31.5 Å². The van der Waals surface area contributed by atoms with Gasteiger partial charge >= 0.3 is 5.97 Å². The molecule has 0 aromatic heterocycles. The van der Waals surface area contributed by atoms with Crippen molar-refractivity contribution in [1.29, 1.82) is 0 Å². The minimum absolute atomic E-state index is 0.0225. The number of hydrogen-bond acceptors (Lipinski definition) is 7. The van der Waals surface area contributed by atoms with Crippen molar-refractivity contribution >= 4 is 19.7 Å². The van der Waals surface area contributed by atoms with Crippen LogP contribution in [-0.2, 0) is 27.9 Å². The molecule has 476 valence electrons. The number of amides is 1. The highest BCUT2D eigenvalue weighted by atomic mass is 31.2. The molecule has 9 nitrogen and oxygen atoms in total. The van der Waals surface area contributed by atoms with Crippen LogP contribution in [0.2, 0.25) is 0 Å². The highest BCUT2D eigenvalue weighted by Gasteiger charge is 2.27. The highest BCUT2D eigenvalue weighted by molar-refractivity contribution is 7.45. The first kappa shape index (κ1) is 79.0. The lowest BCUT2D eigenvalue weighted by Crippen LogP contribution is -2.47. The monoisotopic (exact) mass is 1160 g/mol. The summed E-state index contributed by atoms with van der Waals surface area (Å²) in [7, 11) is 1.19. The molecule has 0 radical (unpaired) electrons. The molecule has 0 saturated carbocycles. The minimum atomic E-state index is -4.70. The summed E-state index contributed by atoms with van der Waals surface area (Å²) in [6, 6.07) is -0.891. The number of ether oxygens (including phenoxy) is 1. The van der Waals surface area contributed by atoms with E-state index in [2.05, 4.69) is 62.5 Å². The van der Waals surface area contributed by atoms with Gasteiger partial charge in [-0.1, -0.05) is 307 Å². The van der Waals surface area contributed by atoms with Crippen molar-refractivity contribution in [2.45, 2.75) is 354 Å². The largest absolute Gasteiger partial charge is 0.756 e. The van der Waals surface area contributed by atoms with Crippen LogP contribution in [-0.4, -0.2) is 69.4 Å². The molecular weight excluding hydrogens is 1020 g/mol. The summed E-state index contributed by atoms with van der Waals surface area (Å²) in [5.41, 5.74) is 0. The molecule has 0 saturated heterocycles. The topological polar surface area (TPSA) is 114 Å². The molecule has 0 aliphatic heterocycles. The summed E-state index contributed by atoms with van der Waals surface area (Å²) in [6.45, 7) is 6.86. The number of quaternary nitrogens is 1. The predicted octanol–water partition coefficient (Wildman–Crippen LogP) is 21.4. The molecule has 0 aromatic carbocycles. The van der Waals surface area contributed by atoms with Crippen molar-refractivity contribution in [3.05, 3.63) is 48.6 Å². The van der Waals surface area contributed by atoms with Crippen LogP contribution >= 0.6 is 7.82 Å². The Hall–Kier alpha value is -2.03. The summed E-state index contributed by atoms with van der Waals surface area (Å²) in [4.78, 5) is 40.2. The zero-order valence-corrected chi connectivity index (χ0v) is 55.4. The third-order valence-corrected chi connectivity index (χ3v) is 16.7. The molecule has 0 bridgehead atoms. The second-order valence-corrected chi connectivity index (χ2v) is 26.5. The minimum Gasteiger partial charge on any atom is -0.756 e. The van der Waals surface area contributed by atoms with Gasteiger partial charge in [-0.3, -0.25) is 14.2 Å². The number of phosphoric acid groups is 1. The Morgan fingerprint density at radius 1 is 0.432 bits per heavy atom. The number of rotatable bonds is 64. The summed E-state index contributed by atoms with van der Waals surface area (Å²) < 4.78 is 30.4. The maximum absolute atomic E-state index is 13.6. The normalized spacial score (nSPS) is 13.8.